The monoisotopic (exact) mass is 341 g/mol. The van der Waals surface area contributed by atoms with Gasteiger partial charge in [-0.2, -0.15) is 5.26 Å². The fourth-order valence-electron chi connectivity index (χ4n) is 2.38. The lowest BCUT2D eigenvalue weighted by Gasteiger charge is -2.21. The predicted octanol–water partition coefficient (Wildman–Crippen LogP) is 4.52. The summed E-state index contributed by atoms with van der Waals surface area (Å²) in [6, 6.07) is 10.2. The van der Waals surface area contributed by atoms with E-state index in [-0.39, 0.29) is 5.91 Å². The van der Waals surface area contributed by atoms with Crippen molar-refractivity contribution < 1.29 is 4.79 Å². The van der Waals surface area contributed by atoms with Crippen molar-refractivity contribution >= 4 is 17.2 Å². The van der Waals surface area contributed by atoms with Gasteiger partial charge in [0.05, 0.1) is 12.5 Å². The molecule has 0 atom stereocenters. The van der Waals surface area contributed by atoms with E-state index in [4.69, 9.17) is 5.26 Å². The van der Waals surface area contributed by atoms with Crippen LogP contribution in [-0.2, 0) is 0 Å². The number of hydrogen-bond acceptors (Lipinski definition) is 4. The van der Waals surface area contributed by atoms with Crippen LogP contribution in [0.2, 0.25) is 0 Å². The van der Waals surface area contributed by atoms with Crippen LogP contribution in [0.1, 0.15) is 42.7 Å². The van der Waals surface area contributed by atoms with Crippen molar-refractivity contribution in [3.05, 3.63) is 40.9 Å². The van der Waals surface area contributed by atoms with Gasteiger partial charge in [-0.25, -0.2) is 4.98 Å². The van der Waals surface area contributed by atoms with Gasteiger partial charge in [0.15, 0.2) is 0 Å². The van der Waals surface area contributed by atoms with Crippen LogP contribution in [-0.4, -0.2) is 28.9 Å². The maximum Gasteiger partial charge on any atom is 0.273 e. The first-order chi connectivity index (χ1) is 11.5. The maximum absolute atomic E-state index is 12.8. The first-order valence-corrected chi connectivity index (χ1v) is 9.08. The molecule has 0 N–H and O–H groups in total. The number of rotatable bonds is 7. The molecule has 0 saturated heterocycles. The lowest BCUT2D eigenvalue weighted by Crippen LogP contribution is -2.33. The second kappa shape index (κ2) is 8.60. The molecule has 126 valence electrons. The van der Waals surface area contributed by atoms with Crippen LogP contribution in [0.5, 0.6) is 0 Å². The molecular formula is C19H23N3OS. The molecule has 24 heavy (non-hydrogen) atoms. The van der Waals surface area contributed by atoms with Crippen LogP contribution >= 0.6 is 11.3 Å². The van der Waals surface area contributed by atoms with Gasteiger partial charge >= 0.3 is 0 Å². The highest BCUT2D eigenvalue weighted by Crippen LogP contribution is 2.27. The van der Waals surface area contributed by atoms with Crippen LogP contribution in [0.15, 0.2) is 29.6 Å². The van der Waals surface area contributed by atoms with Gasteiger partial charge in [-0.1, -0.05) is 38.1 Å². The molecule has 2 rings (SSSR count). The smallest absolute Gasteiger partial charge is 0.273 e. The summed E-state index contributed by atoms with van der Waals surface area (Å²) in [6.45, 7) is 7.42. The minimum atomic E-state index is -0.0815. The minimum Gasteiger partial charge on any atom is -0.336 e. The third-order valence-electron chi connectivity index (χ3n) is 3.86. The molecule has 0 unspecified atom stereocenters. The van der Waals surface area contributed by atoms with E-state index in [1.807, 2.05) is 36.6 Å². The number of carbonyl (C=O) groups is 1. The first kappa shape index (κ1) is 18.2. The molecule has 1 aromatic heterocycles. The Bertz CT molecular complexity index is 730. The summed E-state index contributed by atoms with van der Waals surface area (Å²) >= 11 is 1.49. The van der Waals surface area contributed by atoms with Crippen LogP contribution in [0.25, 0.3) is 10.6 Å². The standard InChI is InChI=1S/C19H23N3OS/c1-14(2)9-12-22(11-6-10-20)19(23)17-13-24-18(21-17)16-8-5-4-7-15(16)3/h4-5,7-8,13-14H,6,9,11-12H2,1-3H3. The Morgan fingerprint density at radius 1 is 1.33 bits per heavy atom. The van der Waals surface area contributed by atoms with E-state index >= 15 is 0 Å². The van der Waals surface area contributed by atoms with E-state index in [0.717, 1.165) is 22.6 Å². The zero-order valence-corrected chi connectivity index (χ0v) is 15.3. The third-order valence-corrected chi connectivity index (χ3v) is 4.73. The number of aromatic nitrogens is 1. The van der Waals surface area contributed by atoms with Crippen molar-refractivity contribution in [1.29, 1.82) is 5.26 Å². The summed E-state index contributed by atoms with van der Waals surface area (Å²) in [4.78, 5) is 19.0. The Morgan fingerprint density at radius 3 is 2.75 bits per heavy atom. The fourth-order valence-corrected chi connectivity index (χ4v) is 3.27. The number of benzene rings is 1. The summed E-state index contributed by atoms with van der Waals surface area (Å²) in [7, 11) is 0. The van der Waals surface area contributed by atoms with Gasteiger partial charge in [0.1, 0.15) is 10.7 Å². The summed E-state index contributed by atoms with van der Waals surface area (Å²) in [5, 5.41) is 11.5. The van der Waals surface area contributed by atoms with E-state index in [9.17, 15) is 4.79 Å². The van der Waals surface area contributed by atoms with E-state index in [2.05, 4.69) is 24.9 Å². The number of thiazole rings is 1. The van der Waals surface area contributed by atoms with E-state index in [0.29, 0.717) is 31.1 Å². The zero-order valence-electron chi connectivity index (χ0n) is 14.5. The van der Waals surface area contributed by atoms with Gasteiger partial charge in [-0.3, -0.25) is 4.79 Å². The molecule has 4 nitrogen and oxygen atoms in total. The van der Waals surface area contributed by atoms with Crippen molar-refractivity contribution in [2.45, 2.75) is 33.6 Å². The third kappa shape index (κ3) is 4.65. The zero-order chi connectivity index (χ0) is 17.5. The molecule has 1 amide bonds. The topological polar surface area (TPSA) is 57.0 Å². The van der Waals surface area contributed by atoms with E-state index < -0.39 is 0 Å². The van der Waals surface area contributed by atoms with Gasteiger partial charge in [0.2, 0.25) is 0 Å². The highest BCUT2D eigenvalue weighted by molar-refractivity contribution is 7.13. The normalized spacial score (nSPS) is 10.6. The van der Waals surface area contributed by atoms with Crippen molar-refractivity contribution in [3.8, 4) is 16.6 Å². The molecule has 0 fully saturated rings. The molecule has 2 aromatic rings. The van der Waals surface area contributed by atoms with Crippen LogP contribution in [0.3, 0.4) is 0 Å². The highest BCUT2D eigenvalue weighted by Gasteiger charge is 2.19. The quantitative estimate of drug-likeness (QED) is 0.744. The molecule has 0 bridgehead atoms. The number of nitrogens with zero attached hydrogens (tertiary/aromatic N) is 3. The molecule has 0 aliphatic carbocycles. The van der Waals surface area contributed by atoms with Crippen molar-refractivity contribution in [2.24, 2.45) is 5.92 Å². The summed E-state index contributed by atoms with van der Waals surface area (Å²) < 4.78 is 0. The van der Waals surface area contributed by atoms with Crippen LogP contribution in [0, 0.1) is 24.2 Å². The number of aryl methyl sites for hydroxylation is 1. The van der Waals surface area contributed by atoms with Crippen LogP contribution < -0.4 is 0 Å². The second-order valence-electron chi connectivity index (χ2n) is 6.24. The number of hydrogen-bond donors (Lipinski definition) is 0. The van der Waals surface area contributed by atoms with E-state index in [1.165, 1.54) is 11.3 Å². The molecule has 0 spiro atoms. The Morgan fingerprint density at radius 2 is 2.08 bits per heavy atom. The fraction of sp³-hybridized carbons (Fsp3) is 0.421. The van der Waals surface area contributed by atoms with Gasteiger partial charge < -0.3 is 4.90 Å². The summed E-state index contributed by atoms with van der Waals surface area (Å²) in [5.74, 6) is 0.433. The largest absolute Gasteiger partial charge is 0.336 e. The van der Waals surface area contributed by atoms with Crippen molar-refractivity contribution in [2.75, 3.05) is 13.1 Å². The Hall–Kier alpha value is -2.19. The lowest BCUT2D eigenvalue weighted by molar-refractivity contribution is 0.0747. The van der Waals surface area contributed by atoms with Gasteiger partial charge in [-0.05, 0) is 24.8 Å². The predicted molar refractivity (Wildman–Crippen MR) is 97.9 cm³/mol. The number of amides is 1. The maximum atomic E-state index is 12.8. The van der Waals surface area contributed by atoms with Crippen molar-refractivity contribution in [1.82, 2.24) is 9.88 Å². The van der Waals surface area contributed by atoms with Crippen molar-refractivity contribution in [3.63, 3.8) is 0 Å². The minimum absolute atomic E-state index is 0.0815. The van der Waals surface area contributed by atoms with Gasteiger partial charge in [-0.15, -0.1) is 11.3 Å². The molecule has 5 heteroatoms. The Kier molecular flexibility index (Phi) is 6.51. The Balaban J connectivity index is 2.18. The molecule has 1 heterocycles. The number of nitriles is 1. The van der Waals surface area contributed by atoms with Crippen LogP contribution in [0.4, 0.5) is 0 Å². The SMILES string of the molecule is Cc1ccccc1-c1nc(C(=O)N(CCC#N)CCC(C)C)cs1. The number of carbonyl (C=O) groups excluding carboxylic acids is 1. The second-order valence-corrected chi connectivity index (χ2v) is 7.09. The molecule has 0 radical (unpaired) electrons. The summed E-state index contributed by atoms with van der Waals surface area (Å²) in [5.41, 5.74) is 2.68. The molecule has 0 aliphatic rings. The summed E-state index contributed by atoms with van der Waals surface area (Å²) in [6.07, 6.45) is 1.27. The average molecular weight is 341 g/mol. The van der Waals surface area contributed by atoms with Gasteiger partial charge in [0, 0.05) is 24.0 Å². The first-order valence-electron chi connectivity index (χ1n) is 8.20. The van der Waals surface area contributed by atoms with Gasteiger partial charge in [0.25, 0.3) is 5.91 Å². The molecular weight excluding hydrogens is 318 g/mol. The molecule has 0 saturated carbocycles. The highest BCUT2D eigenvalue weighted by atomic mass is 32.1. The lowest BCUT2D eigenvalue weighted by atomic mass is 10.1. The average Bonchev–Trinajstić information content (AvgIpc) is 3.04. The van der Waals surface area contributed by atoms with E-state index in [1.54, 1.807) is 4.90 Å². The molecule has 1 aromatic carbocycles. The Labute approximate surface area is 147 Å². The molecule has 0 aliphatic heterocycles.